The van der Waals surface area contributed by atoms with Gasteiger partial charge in [-0.05, 0) is 49.4 Å². The fraction of sp³-hybridized carbons (Fsp3) is 0.381. The highest BCUT2D eigenvalue weighted by Gasteiger charge is 2.09. The molecule has 140 valence electrons. The zero-order valence-corrected chi connectivity index (χ0v) is 15.4. The zero-order chi connectivity index (χ0) is 18.9. The van der Waals surface area contributed by atoms with Crippen LogP contribution in [-0.4, -0.2) is 31.3 Å². The Bertz CT molecular complexity index is 733. The number of anilines is 1. The van der Waals surface area contributed by atoms with Gasteiger partial charge in [-0.2, -0.15) is 0 Å². The van der Waals surface area contributed by atoms with Crippen LogP contribution >= 0.6 is 0 Å². The first-order valence-corrected chi connectivity index (χ1v) is 8.91. The van der Waals surface area contributed by atoms with Gasteiger partial charge in [0.25, 0.3) is 0 Å². The Balaban J connectivity index is 1.93. The van der Waals surface area contributed by atoms with E-state index in [1.165, 1.54) is 18.7 Å². The molecule has 0 radical (unpaired) electrons. The van der Waals surface area contributed by atoms with Crippen molar-refractivity contribution >= 4 is 11.7 Å². The second-order valence-corrected chi connectivity index (χ2v) is 6.22. The van der Waals surface area contributed by atoms with E-state index in [0.717, 1.165) is 37.2 Å². The molecule has 2 aromatic carbocycles. The third-order valence-electron chi connectivity index (χ3n) is 4.39. The van der Waals surface area contributed by atoms with Crippen LogP contribution in [0.15, 0.2) is 42.5 Å². The van der Waals surface area contributed by atoms with Gasteiger partial charge in [0.15, 0.2) is 11.6 Å². The largest absolute Gasteiger partial charge is 0.494 e. The average molecular weight is 359 g/mol. The van der Waals surface area contributed by atoms with Crippen molar-refractivity contribution in [2.24, 2.45) is 0 Å². The lowest BCUT2D eigenvalue weighted by atomic mass is 10.0. The molecule has 1 N–H and O–H groups in total. The molecule has 26 heavy (non-hydrogen) atoms. The van der Waals surface area contributed by atoms with Crippen molar-refractivity contribution in [3.8, 4) is 5.75 Å². The first kappa shape index (κ1) is 19.8. The molecule has 0 saturated carbocycles. The predicted octanol–water partition coefficient (Wildman–Crippen LogP) is 4.31. The molecule has 0 heterocycles. The Hall–Kier alpha value is -2.56. The molecule has 0 bridgehead atoms. The number of ether oxygens (including phenoxy) is 1. The summed E-state index contributed by atoms with van der Waals surface area (Å²) in [6.07, 6.45) is 2.57. The van der Waals surface area contributed by atoms with Crippen LogP contribution in [0, 0.1) is 5.82 Å². The van der Waals surface area contributed by atoms with E-state index in [2.05, 4.69) is 24.0 Å². The summed E-state index contributed by atoms with van der Waals surface area (Å²) in [7, 11) is 1.47. The van der Waals surface area contributed by atoms with E-state index >= 15 is 0 Å². The van der Waals surface area contributed by atoms with E-state index < -0.39 is 5.97 Å². The third-order valence-corrected chi connectivity index (χ3v) is 4.39. The highest BCUT2D eigenvalue weighted by atomic mass is 19.1. The number of nitrogens with zero attached hydrogens (tertiary/aromatic N) is 1. The van der Waals surface area contributed by atoms with E-state index in [0.29, 0.717) is 6.42 Å². The molecular weight excluding hydrogens is 333 g/mol. The maximum absolute atomic E-state index is 13.6. The molecule has 0 aliphatic rings. The van der Waals surface area contributed by atoms with Gasteiger partial charge in [0, 0.05) is 31.3 Å². The maximum atomic E-state index is 13.6. The van der Waals surface area contributed by atoms with Crippen molar-refractivity contribution < 1.29 is 19.0 Å². The molecule has 2 aromatic rings. The summed E-state index contributed by atoms with van der Waals surface area (Å²) in [5.41, 5.74) is 3.21. The normalized spacial score (nSPS) is 10.6. The Morgan fingerprint density at radius 2 is 1.88 bits per heavy atom. The second-order valence-electron chi connectivity index (χ2n) is 6.22. The average Bonchev–Trinajstić information content (AvgIpc) is 2.64. The van der Waals surface area contributed by atoms with E-state index in [1.54, 1.807) is 12.1 Å². The molecular formula is C21H26FNO3. The lowest BCUT2D eigenvalue weighted by Crippen LogP contribution is -2.24. The highest BCUT2D eigenvalue weighted by molar-refractivity contribution is 5.67. The molecule has 2 rings (SSSR count). The molecule has 0 aliphatic heterocycles. The molecule has 0 amide bonds. The van der Waals surface area contributed by atoms with Crippen LogP contribution < -0.4 is 9.64 Å². The standard InChI is InChI=1S/C21H26FNO3/c1-3-23(18-10-11-19(22)20(15-18)26-2)13-5-8-16-6-4-7-17(14-16)9-12-21(24)25/h4,6-7,10-11,14-15H,3,5,8-9,12-13H2,1-2H3,(H,24,25). The number of carboxylic acid groups (broad SMARTS) is 1. The molecule has 0 saturated heterocycles. The molecule has 0 aliphatic carbocycles. The number of aliphatic carboxylic acids is 1. The quantitative estimate of drug-likeness (QED) is 0.687. The fourth-order valence-corrected chi connectivity index (χ4v) is 2.98. The fourth-order valence-electron chi connectivity index (χ4n) is 2.98. The Morgan fingerprint density at radius 1 is 1.15 bits per heavy atom. The summed E-state index contributed by atoms with van der Waals surface area (Å²) < 4.78 is 18.6. The van der Waals surface area contributed by atoms with Gasteiger partial charge in [0.2, 0.25) is 0 Å². The van der Waals surface area contributed by atoms with Crippen molar-refractivity contribution in [3.05, 3.63) is 59.4 Å². The minimum Gasteiger partial charge on any atom is -0.494 e. The second kappa shape index (κ2) is 9.80. The summed E-state index contributed by atoms with van der Waals surface area (Å²) in [6.45, 7) is 3.75. The smallest absolute Gasteiger partial charge is 0.303 e. The Kier molecular flexibility index (Phi) is 7.45. The summed E-state index contributed by atoms with van der Waals surface area (Å²) in [5.74, 6) is -0.874. The zero-order valence-electron chi connectivity index (χ0n) is 15.4. The van der Waals surface area contributed by atoms with Crippen LogP contribution in [0.1, 0.15) is 30.9 Å². The summed E-state index contributed by atoms with van der Waals surface area (Å²) >= 11 is 0. The van der Waals surface area contributed by atoms with Crippen molar-refractivity contribution in [3.63, 3.8) is 0 Å². The molecule has 5 heteroatoms. The van der Waals surface area contributed by atoms with Crippen LogP contribution in [0.25, 0.3) is 0 Å². The number of rotatable bonds is 10. The van der Waals surface area contributed by atoms with Gasteiger partial charge in [-0.1, -0.05) is 24.3 Å². The van der Waals surface area contributed by atoms with E-state index in [1.807, 2.05) is 12.1 Å². The number of carboxylic acids is 1. The molecule has 0 unspecified atom stereocenters. The topological polar surface area (TPSA) is 49.8 Å². The third kappa shape index (κ3) is 5.76. The number of hydrogen-bond donors (Lipinski definition) is 1. The minimum atomic E-state index is -0.774. The van der Waals surface area contributed by atoms with E-state index in [-0.39, 0.29) is 18.0 Å². The first-order chi connectivity index (χ1) is 12.5. The molecule has 4 nitrogen and oxygen atoms in total. The first-order valence-electron chi connectivity index (χ1n) is 8.91. The van der Waals surface area contributed by atoms with Gasteiger partial charge < -0.3 is 14.7 Å². The maximum Gasteiger partial charge on any atom is 0.303 e. The molecule has 0 atom stereocenters. The van der Waals surface area contributed by atoms with Gasteiger partial charge >= 0.3 is 5.97 Å². The number of carbonyl (C=O) groups is 1. The van der Waals surface area contributed by atoms with E-state index in [9.17, 15) is 9.18 Å². The van der Waals surface area contributed by atoms with Gasteiger partial charge in [-0.15, -0.1) is 0 Å². The lowest BCUT2D eigenvalue weighted by Gasteiger charge is -2.23. The van der Waals surface area contributed by atoms with Crippen molar-refractivity contribution in [1.82, 2.24) is 0 Å². The predicted molar refractivity (Wildman–Crippen MR) is 102 cm³/mol. The number of hydrogen-bond acceptors (Lipinski definition) is 3. The molecule has 0 fully saturated rings. The summed E-state index contributed by atoms with van der Waals surface area (Å²) in [4.78, 5) is 12.9. The van der Waals surface area contributed by atoms with Crippen LogP contribution in [-0.2, 0) is 17.6 Å². The number of methoxy groups -OCH3 is 1. The number of benzene rings is 2. The van der Waals surface area contributed by atoms with Gasteiger partial charge in [-0.25, -0.2) is 4.39 Å². The number of aryl methyl sites for hydroxylation is 2. The SMILES string of the molecule is CCN(CCCc1cccc(CCC(=O)O)c1)c1ccc(F)c(OC)c1. The molecule has 0 spiro atoms. The Labute approximate surface area is 154 Å². The van der Waals surface area contributed by atoms with Crippen LogP contribution in [0.5, 0.6) is 5.75 Å². The summed E-state index contributed by atoms with van der Waals surface area (Å²) in [5, 5.41) is 8.80. The van der Waals surface area contributed by atoms with Gasteiger partial charge in [0.1, 0.15) is 0 Å². The van der Waals surface area contributed by atoms with E-state index in [4.69, 9.17) is 9.84 Å². The van der Waals surface area contributed by atoms with Crippen molar-refractivity contribution in [2.45, 2.75) is 32.6 Å². The van der Waals surface area contributed by atoms with Gasteiger partial charge in [-0.3, -0.25) is 4.79 Å². The number of halogens is 1. The minimum absolute atomic E-state index is 0.152. The summed E-state index contributed by atoms with van der Waals surface area (Å²) in [6, 6.07) is 13.0. The highest BCUT2D eigenvalue weighted by Crippen LogP contribution is 2.24. The van der Waals surface area contributed by atoms with Crippen molar-refractivity contribution in [1.29, 1.82) is 0 Å². The van der Waals surface area contributed by atoms with Crippen molar-refractivity contribution in [2.75, 3.05) is 25.1 Å². The Morgan fingerprint density at radius 3 is 2.54 bits per heavy atom. The van der Waals surface area contributed by atoms with Crippen LogP contribution in [0.3, 0.4) is 0 Å². The van der Waals surface area contributed by atoms with Crippen LogP contribution in [0.4, 0.5) is 10.1 Å². The van der Waals surface area contributed by atoms with Gasteiger partial charge in [0.05, 0.1) is 7.11 Å². The monoisotopic (exact) mass is 359 g/mol. The molecule has 0 aromatic heterocycles. The van der Waals surface area contributed by atoms with Crippen LogP contribution in [0.2, 0.25) is 0 Å². The lowest BCUT2D eigenvalue weighted by molar-refractivity contribution is -0.136.